The lowest BCUT2D eigenvalue weighted by Crippen LogP contribution is -2.28. The molecule has 140 valence electrons. The first-order valence-electron chi connectivity index (χ1n) is 8.45. The number of nitrogens with zero attached hydrogens (tertiary/aromatic N) is 2. The molecule has 0 radical (unpaired) electrons. The maximum Gasteiger partial charge on any atom is 0.338 e. The molecule has 0 saturated carbocycles. The van der Waals surface area contributed by atoms with Gasteiger partial charge in [0.05, 0.1) is 32.0 Å². The Morgan fingerprint density at radius 3 is 2.48 bits per heavy atom. The summed E-state index contributed by atoms with van der Waals surface area (Å²) in [7, 11) is 2.99. The van der Waals surface area contributed by atoms with Crippen LogP contribution in [0, 0.1) is 0 Å². The van der Waals surface area contributed by atoms with Gasteiger partial charge in [0, 0.05) is 6.42 Å². The fourth-order valence-corrected chi connectivity index (χ4v) is 2.72. The molecule has 7 heteroatoms. The van der Waals surface area contributed by atoms with E-state index in [1.165, 1.54) is 25.3 Å². The Morgan fingerprint density at radius 1 is 1.04 bits per heavy atom. The summed E-state index contributed by atoms with van der Waals surface area (Å²) in [4.78, 5) is 24.5. The van der Waals surface area contributed by atoms with Gasteiger partial charge in [-0.3, -0.25) is 4.79 Å². The van der Waals surface area contributed by atoms with Crippen LogP contribution in [0.25, 0.3) is 0 Å². The molecule has 1 aliphatic rings. The summed E-state index contributed by atoms with van der Waals surface area (Å²) in [5, 5.41) is 5.67. The third-order valence-corrected chi connectivity index (χ3v) is 4.14. The third kappa shape index (κ3) is 4.25. The molecule has 0 aliphatic carbocycles. The summed E-state index contributed by atoms with van der Waals surface area (Å²) >= 11 is 0. The van der Waals surface area contributed by atoms with Gasteiger partial charge in [-0.15, -0.1) is 0 Å². The second-order valence-electron chi connectivity index (χ2n) is 5.83. The number of esters is 1. The van der Waals surface area contributed by atoms with E-state index in [0.29, 0.717) is 24.5 Å². The number of hydrogen-bond donors (Lipinski definition) is 0. The molecule has 27 heavy (non-hydrogen) atoms. The van der Waals surface area contributed by atoms with Gasteiger partial charge in [0.2, 0.25) is 0 Å². The Hall–Kier alpha value is -3.35. The summed E-state index contributed by atoms with van der Waals surface area (Å²) in [6.07, 6.45) is 0.666. The van der Waals surface area contributed by atoms with E-state index in [9.17, 15) is 9.59 Å². The molecule has 1 heterocycles. The van der Waals surface area contributed by atoms with Crippen LogP contribution in [0.4, 0.5) is 0 Å². The zero-order chi connectivity index (χ0) is 19.2. The molecule has 2 aromatic carbocycles. The molecular weight excluding hydrogens is 348 g/mol. The summed E-state index contributed by atoms with van der Waals surface area (Å²) in [6.45, 7) is 0.0930. The number of carbonyl (C=O) groups is 2. The van der Waals surface area contributed by atoms with E-state index in [-0.39, 0.29) is 18.1 Å². The first-order valence-corrected chi connectivity index (χ1v) is 8.45. The zero-order valence-electron chi connectivity index (χ0n) is 15.2. The minimum absolute atomic E-state index is 0.273. The molecule has 0 fully saturated rings. The van der Waals surface area contributed by atoms with Crippen molar-refractivity contribution < 1.29 is 23.8 Å². The van der Waals surface area contributed by atoms with Gasteiger partial charge < -0.3 is 14.2 Å². The van der Waals surface area contributed by atoms with E-state index in [2.05, 4.69) is 5.10 Å². The Morgan fingerprint density at radius 2 is 1.78 bits per heavy atom. The maximum absolute atomic E-state index is 12.3. The lowest BCUT2D eigenvalue weighted by atomic mass is 10.1. The Bertz CT molecular complexity index is 864. The third-order valence-electron chi connectivity index (χ3n) is 4.14. The molecule has 2 aromatic rings. The molecule has 3 rings (SSSR count). The highest BCUT2D eigenvalue weighted by Crippen LogP contribution is 2.27. The molecule has 7 nitrogen and oxygen atoms in total. The predicted octanol–water partition coefficient (Wildman–Crippen LogP) is 2.50. The van der Waals surface area contributed by atoms with Crippen molar-refractivity contribution >= 4 is 17.6 Å². The van der Waals surface area contributed by atoms with Gasteiger partial charge in [-0.2, -0.15) is 5.10 Å². The van der Waals surface area contributed by atoms with Crippen molar-refractivity contribution in [1.82, 2.24) is 5.01 Å². The minimum atomic E-state index is -0.615. The van der Waals surface area contributed by atoms with Crippen LogP contribution in [-0.4, -0.2) is 50.0 Å². The molecule has 0 unspecified atom stereocenters. The maximum atomic E-state index is 12.3. The first-order chi connectivity index (χ1) is 13.1. The fraction of sp³-hybridized carbons (Fsp3) is 0.250. The largest absolute Gasteiger partial charge is 0.493 e. The van der Waals surface area contributed by atoms with Crippen molar-refractivity contribution in [3.8, 4) is 11.5 Å². The van der Waals surface area contributed by atoms with Gasteiger partial charge in [0.25, 0.3) is 5.91 Å². The van der Waals surface area contributed by atoms with Crippen molar-refractivity contribution in [2.45, 2.75) is 6.42 Å². The number of methoxy groups -OCH3 is 2. The van der Waals surface area contributed by atoms with Crippen LogP contribution in [0.15, 0.2) is 53.6 Å². The van der Waals surface area contributed by atoms with E-state index in [4.69, 9.17) is 14.2 Å². The van der Waals surface area contributed by atoms with Crippen LogP contribution in [0.5, 0.6) is 11.5 Å². The number of hydrogen-bond acceptors (Lipinski definition) is 6. The van der Waals surface area contributed by atoms with Gasteiger partial charge in [-0.05, 0) is 23.8 Å². The highest BCUT2D eigenvalue weighted by atomic mass is 16.5. The van der Waals surface area contributed by atoms with Gasteiger partial charge in [-0.1, -0.05) is 30.3 Å². The number of benzene rings is 2. The van der Waals surface area contributed by atoms with E-state index in [1.807, 2.05) is 30.3 Å². The van der Waals surface area contributed by atoms with Gasteiger partial charge in [0.1, 0.15) is 0 Å². The smallest absolute Gasteiger partial charge is 0.338 e. The SMILES string of the molecule is COc1ccc(C(=O)OCC(=O)N2CCC(c3ccccc3)=N2)cc1OC. The number of carbonyl (C=O) groups excluding carboxylic acids is 2. The van der Waals surface area contributed by atoms with Crippen LogP contribution < -0.4 is 9.47 Å². The lowest BCUT2D eigenvalue weighted by molar-refractivity contribution is -0.134. The molecule has 1 aliphatic heterocycles. The van der Waals surface area contributed by atoms with Crippen LogP contribution in [0.2, 0.25) is 0 Å². The Kier molecular flexibility index (Phi) is 5.71. The minimum Gasteiger partial charge on any atom is -0.493 e. The summed E-state index contributed by atoms with van der Waals surface area (Å²) in [5.74, 6) is -0.0644. The molecule has 0 N–H and O–H groups in total. The average molecular weight is 368 g/mol. The van der Waals surface area contributed by atoms with Crippen LogP contribution in [0.1, 0.15) is 22.3 Å². The Balaban J connectivity index is 1.59. The van der Waals surface area contributed by atoms with E-state index in [0.717, 1.165) is 11.3 Å². The van der Waals surface area contributed by atoms with Crippen molar-refractivity contribution in [2.24, 2.45) is 5.10 Å². The van der Waals surface area contributed by atoms with Gasteiger partial charge in [-0.25, -0.2) is 9.80 Å². The zero-order valence-corrected chi connectivity index (χ0v) is 15.2. The summed E-state index contributed by atoms with van der Waals surface area (Å²) in [5.41, 5.74) is 2.10. The normalized spacial score (nSPS) is 13.1. The standard InChI is InChI=1S/C20H20N2O5/c1-25-17-9-8-15(12-18(17)26-2)20(24)27-13-19(23)22-11-10-16(21-22)14-6-4-3-5-7-14/h3-9,12H,10-11,13H2,1-2H3. The molecular formula is C20H20N2O5. The van der Waals surface area contributed by atoms with E-state index in [1.54, 1.807) is 12.1 Å². The van der Waals surface area contributed by atoms with Gasteiger partial charge >= 0.3 is 5.97 Å². The molecule has 0 atom stereocenters. The second-order valence-corrected chi connectivity index (χ2v) is 5.83. The van der Waals surface area contributed by atoms with Crippen LogP contribution >= 0.6 is 0 Å². The van der Waals surface area contributed by atoms with Crippen molar-refractivity contribution in [1.29, 1.82) is 0 Å². The topological polar surface area (TPSA) is 77.4 Å². The number of ether oxygens (including phenoxy) is 3. The highest BCUT2D eigenvalue weighted by molar-refractivity contribution is 6.02. The lowest BCUT2D eigenvalue weighted by Gasteiger charge is -2.12. The van der Waals surface area contributed by atoms with Crippen LogP contribution in [0.3, 0.4) is 0 Å². The van der Waals surface area contributed by atoms with Crippen molar-refractivity contribution in [3.63, 3.8) is 0 Å². The predicted molar refractivity (Wildman–Crippen MR) is 99.1 cm³/mol. The van der Waals surface area contributed by atoms with E-state index < -0.39 is 5.97 Å². The number of hydrazone groups is 1. The van der Waals surface area contributed by atoms with Gasteiger partial charge in [0.15, 0.2) is 18.1 Å². The van der Waals surface area contributed by atoms with Crippen molar-refractivity contribution in [3.05, 3.63) is 59.7 Å². The monoisotopic (exact) mass is 368 g/mol. The fourth-order valence-electron chi connectivity index (χ4n) is 2.72. The van der Waals surface area contributed by atoms with Crippen molar-refractivity contribution in [2.75, 3.05) is 27.4 Å². The number of amides is 1. The quantitative estimate of drug-likeness (QED) is 0.732. The molecule has 0 saturated heterocycles. The average Bonchev–Trinajstić information content (AvgIpc) is 3.22. The van der Waals surface area contributed by atoms with Crippen LogP contribution in [-0.2, 0) is 9.53 Å². The highest BCUT2D eigenvalue weighted by Gasteiger charge is 2.23. The molecule has 1 amide bonds. The first kappa shape index (κ1) is 18.4. The number of rotatable bonds is 6. The molecule has 0 aromatic heterocycles. The molecule has 0 spiro atoms. The van der Waals surface area contributed by atoms with E-state index >= 15 is 0 Å². The summed E-state index contributed by atoms with van der Waals surface area (Å²) < 4.78 is 15.4. The Labute approximate surface area is 157 Å². The summed E-state index contributed by atoms with van der Waals surface area (Å²) in [6, 6.07) is 14.3. The second kappa shape index (κ2) is 8.35. The molecule has 0 bridgehead atoms.